The van der Waals surface area contributed by atoms with Gasteiger partial charge in [-0.05, 0) is 68.4 Å². The van der Waals surface area contributed by atoms with Crippen LogP contribution in [-0.4, -0.2) is 50.5 Å². The van der Waals surface area contributed by atoms with Gasteiger partial charge in [-0.2, -0.15) is 0 Å². The molecule has 0 aliphatic rings. The van der Waals surface area contributed by atoms with Crippen molar-refractivity contribution in [3.8, 4) is 0 Å². The Kier molecular flexibility index (Phi) is 11.2. The largest absolute Gasteiger partial charge is 0.354 e. The third kappa shape index (κ3) is 9.18. The van der Waals surface area contributed by atoms with E-state index in [0.29, 0.717) is 37.5 Å². The van der Waals surface area contributed by atoms with E-state index in [1.54, 1.807) is 11.0 Å². The van der Waals surface area contributed by atoms with E-state index in [1.165, 1.54) is 10.6 Å². The van der Waals surface area contributed by atoms with E-state index in [2.05, 4.69) is 5.32 Å². The molecule has 37 heavy (non-hydrogen) atoms. The molecule has 0 aliphatic heterocycles. The molecule has 0 fully saturated rings. The maximum Gasteiger partial charge on any atom is 0.242 e. The van der Waals surface area contributed by atoms with Crippen LogP contribution in [0.4, 0.5) is 5.69 Å². The zero-order valence-corrected chi connectivity index (χ0v) is 24.2. The van der Waals surface area contributed by atoms with Gasteiger partial charge in [0.25, 0.3) is 0 Å². The summed E-state index contributed by atoms with van der Waals surface area (Å²) in [4.78, 5) is 28.2. The van der Waals surface area contributed by atoms with Crippen molar-refractivity contribution in [2.45, 2.75) is 73.4 Å². The molecule has 0 saturated heterocycles. The summed E-state index contributed by atoms with van der Waals surface area (Å²) in [5, 5.41) is 2.97. The van der Waals surface area contributed by atoms with Gasteiger partial charge in [-0.25, -0.2) is 8.42 Å². The summed E-state index contributed by atoms with van der Waals surface area (Å²) in [6, 6.07) is 12.9. The quantitative estimate of drug-likeness (QED) is 0.406. The van der Waals surface area contributed by atoms with Crippen LogP contribution in [0.3, 0.4) is 0 Å². The van der Waals surface area contributed by atoms with Crippen LogP contribution in [0.2, 0.25) is 0 Å². The highest BCUT2D eigenvalue weighted by Gasteiger charge is 2.29. The molecule has 2 rings (SSSR count). The van der Waals surface area contributed by atoms with Gasteiger partial charge in [0.15, 0.2) is 0 Å². The standard InChI is InChI=1S/C29H43N3O4S/c1-8-27(29(34)30-19-21(2)3)31(20-25-12-9-11-22(4)17-25)28(33)13-10-16-32(37(7,35)36)26-15-14-23(5)24(6)18-26/h9,11-12,14-15,17-18,21,27H,8,10,13,16,19-20H2,1-7H3,(H,30,34)/t27-/m1/s1. The van der Waals surface area contributed by atoms with Gasteiger partial charge in [-0.3, -0.25) is 13.9 Å². The fourth-order valence-electron chi connectivity index (χ4n) is 4.23. The number of nitrogens with one attached hydrogen (secondary N) is 1. The Morgan fingerprint density at radius 1 is 1.00 bits per heavy atom. The van der Waals surface area contributed by atoms with Crippen LogP contribution < -0.4 is 9.62 Å². The second-order valence-electron chi connectivity index (χ2n) is 10.3. The van der Waals surface area contributed by atoms with Gasteiger partial charge in [-0.1, -0.05) is 56.7 Å². The second kappa shape index (κ2) is 13.6. The first-order chi connectivity index (χ1) is 17.3. The molecule has 0 spiro atoms. The molecule has 8 heteroatoms. The summed E-state index contributed by atoms with van der Waals surface area (Å²) in [7, 11) is -3.52. The van der Waals surface area contributed by atoms with Gasteiger partial charge in [-0.15, -0.1) is 0 Å². The molecule has 0 aliphatic carbocycles. The number of aryl methyl sites for hydroxylation is 3. The van der Waals surface area contributed by atoms with E-state index in [-0.39, 0.29) is 24.8 Å². The second-order valence-corrected chi connectivity index (χ2v) is 12.2. The molecular weight excluding hydrogens is 486 g/mol. The number of hydrogen-bond donors (Lipinski definition) is 1. The van der Waals surface area contributed by atoms with Gasteiger partial charge in [0.05, 0.1) is 11.9 Å². The highest BCUT2D eigenvalue weighted by molar-refractivity contribution is 7.92. The molecule has 0 radical (unpaired) electrons. The Labute approximate surface area is 223 Å². The Morgan fingerprint density at radius 3 is 2.27 bits per heavy atom. The maximum absolute atomic E-state index is 13.5. The lowest BCUT2D eigenvalue weighted by Crippen LogP contribution is -2.49. The summed E-state index contributed by atoms with van der Waals surface area (Å²) >= 11 is 0. The van der Waals surface area contributed by atoms with E-state index < -0.39 is 16.1 Å². The number of anilines is 1. The normalized spacial score (nSPS) is 12.3. The van der Waals surface area contributed by atoms with Crippen molar-refractivity contribution in [2.75, 3.05) is 23.7 Å². The van der Waals surface area contributed by atoms with Crippen LogP contribution in [0.15, 0.2) is 42.5 Å². The molecule has 2 amide bonds. The molecule has 0 bridgehead atoms. The molecule has 7 nitrogen and oxygen atoms in total. The molecule has 1 N–H and O–H groups in total. The predicted molar refractivity (Wildman–Crippen MR) is 151 cm³/mol. The minimum atomic E-state index is -3.52. The molecular formula is C29H43N3O4S. The molecule has 0 aromatic heterocycles. The van der Waals surface area contributed by atoms with E-state index in [4.69, 9.17) is 0 Å². The number of rotatable bonds is 13. The zero-order chi connectivity index (χ0) is 27.8. The summed E-state index contributed by atoms with van der Waals surface area (Å²) in [6.07, 6.45) is 2.14. The first-order valence-electron chi connectivity index (χ1n) is 13.0. The highest BCUT2D eigenvalue weighted by Crippen LogP contribution is 2.22. The third-order valence-electron chi connectivity index (χ3n) is 6.44. The van der Waals surface area contributed by atoms with Crippen molar-refractivity contribution in [1.82, 2.24) is 10.2 Å². The molecule has 204 valence electrons. The van der Waals surface area contributed by atoms with Crippen LogP contribution >= 0.6 is 0 Å². The number of amides is 2. The zero-order valence-electron chi connectivity index (χ0n) is 23.4. The van der Waals surface area contributed by atoms with Gasteiger partial charge in [0.1, 0.15) is 6.04 Å². The van der Waals surface area contributed by atoms with E-state index in [9.17, 15) is 18.0 Å². The molecule has 2 aromatic carbocycles. The summed E-state index contributed by atoms with van der Waals surface area (Å²) in [6.45, 7) is 12.9. The number of hydrogen-bond acceptors (Lipinski definition) is 4. The minimum Gasteiger partial charge on any atom is -0.354 e. The summed E-state index contributed by atoms with van der Waals surface area (Å²) in [5.41, 5.74) is 4.72. The van der Waals surface area contributed by atoms with Gasteiger partial charge in [0, 0.05) is 26.1 Å². The number of nitrogens with zero attached hydrogens (tertiary/aromatic N) is 2. The van der Waals surface area contributed by atoms with Crippen molar-refractivity contribution in [1.29, 1.82) is 0 Å². The predicted octanol–water partition coefficient (Wildman–Crippen LogP) is 4.74. The van der Waals surface area contributed by atoms with Gasteiger partial charge < -0.3 is 10.2 Å². The lowest BCUT2D eigenvalue weighted by molar-refractivity contribution is -0.141. The first-order valence-corrected chi connectivity index (χ1v) is 14.9. The molecule has 0 heterocycles. The average molecular weight is 530 g/mol. The first kappa shape index (κ1) is 30.4. The number of carbonyl (C=O) groups excluding carboxylic acids is 2. The number of benzene rings is 2. The van der Waals surface area contributed by atoms with Crippen LogP contribution in [-0.2, 0) is 26.2 Å². The van der Waals surface area contributed by atoms with Gasteiger partial charge >= 0.3 is 0 Å². The summed E-state index contributed by atoms with van der Waals surface area (Å²) < 4.78 is 26.5. The van der Waals surface area contributed by atoms with E-state index >= 15 is 0 Å². The Hall–Kier alpha value is -2.87. The molecule has 0 unspecified atom stereocenters. The molecule has 2 aromatic rings. The van der Waals surface area contributed by atoms with Crippen molar-refractivity contribution in [3.05, 3.63) is 64.7 Å². The Bertz CT molecular complexity index is 1180. The van der Waals surface area contributed by atoms with E-state index in [1.807, 2.05) is 77.9 Å². The van der Waals surface area contributed by atoms with Crippen molar-refractivity contribution >= 4 is 27.5 Å². The Morgan fingerprint density at radius 2 is 1.70 bits per heavy atom. The van der Waals surface area contributed by atoms with Crippen LogP contribution in [0, 0.1) is 26.7 Å². The summed E-state index contributed by atoms with van der Waals surface area (Å²) in [5.74, 6) is -0.0264. The van der Waals surface area contributed by atoms with Crippen molar-refractivity contribution < 1.29 is 18.0 Å². The smallest absolute Gasteiger partial charge is 0.242 e. The lowest BCUT2D eigenvalue weighted by atomic mass is 10.1. The molecule has 0 saturated carbocycles. The fourth-order valence-corrected chi connectivity index (χ4v) is 5.19. The van der Waals surface area contributed by atoms with Crippen LogP contribution in [0.25, 0.3) is 0 Å². The SMILES string of the molecule is CC[C@H](C(=O)NCC(C)C)N(Cc1cccc(C)c1)C(=O)CCCN(c1ccc(C)c(C)c1)S(C)(=O)=O. The average Bonchev–Trinajstić information content (AvgIpc) is 2.81. The third-order valence-corrected chi connectivity index (χ3v) is 7.63. The monoisotopic (exact) mass is 529 g/mol. The van der Waals surface area contributed by atoms with Crippen LogP contribution in [0.5, 0.6) is 0 Å². The minimum absolute atomic E-state index is 0.136. The van der Waals surface area contributed by atoms with Crippen molar-refractivity contribution in [3.63, 3.8) is 0 Å². The van der Waals surface area contributed by atoms with Crippen molar-refractivity contribution in [2.24, 2.45) is 5.92 Å². The Balaban J connectivity index is 2.23. The fraction of sp³-hybridized carbons (Fsp3) is 0.517. The topological polar surface area (TPSA) is 86.8 Å². The lowest BCUT2D eigenvalue weighted by Gasteiger charge is -2.31. The van der Waals surface area contributed by atoms with Crippen LogP contribution in [0.1, 0.15) is 62.3 Å². The van der Waals surface area contributed by atoms with E-state index in [0.717, 1.165) is 22.3 Å². The maximum atomic E-state index is 13.5. The number of carbonyl (C=O) groups is 2. The molecule has 1 atom stereocenters. The van der Waals surface area contributed by atoms with Gasteiger partial charge in [0.2, 0.25) is 21.8 Å². The highest BCUT2D eigenvalue weighted by atomic mass is 32.2. The number of sulfonamides is 1.